The maximum Gasteiger partial charge on any atom is 0.0412 e. The van der Waals surface area contributed by atoms with Gasteiger partial charge in [0.05, 0.1) is 0 Å². The highest BCUT2D eigenvalue weighted by molar-refractivity contribution is 5.56. The number of anilines is 1. The van der Waals surface area contributed by atoms with E-state index in [0.717, 1.165) is 0 Å². The maximum atomic E-state index is 3.25. The average Bonchev–Trinajstić information content (AvgIpc) is 2.09. The zero-order chi connectivity index (χ0) is 9.84. The largest absolute Gasteiger partial charge is 0.362 e. The molecule has 0 atom stereocenters. The molecule has 1 rings (SSSR count). The van der Waals surface area contributed by atoms with Crippen LogP contribution in [0.25, 0.3) is 0 Å². The molecule has 0 aliphatic heterocycles. The fraction of sp³-hybridized carbons (Fsp3) is 0.333. The summed E-state index contributed by atoms with van der Waals surface area (Å²) in [5, 5.41) is 3.25. The van der Waals surface area contributed by atoms with Gasteiger partial charge in [0.2, 0.25) is 0 Å². The van der Waals surface area contributed by atoms with Crippen LogP contribution in [0, 0.1) is 20.8 Å². The van der Waals surface area contributed by atoms with Gasteiger partial charge in [-0.05, 0) is 56.7 Å². The van der Waals surface area contributed by atoms with Crippen LogP contribution in [0.2, 0.25) is 0 Å². The van der Waals surface area contributed by atoms with Crippen LogP contribution < -0.4 is 5.32 Å². The molecule has 1 N–H and O–H groups in total. The average molecular weight is 175 g/mol. The third kappa shape index (κ3) is 2.35. The Kier molecular flexibility index (Phi) is 3.13. The summed E-state index contributed by atoms with van der Waals surface area (Å²) in [7, 11) is 0. The topological polar surface area (TPSA) is 12.0 Å². The number of hydrogen-bond acceptors (Lipinski definition) is 1. The number of rotatable bonds is 2. The van der Waals surface area contributed by atoms with E-state index in [1.54, 1.807) is 0 Å². The van der Waals surface area contributed by atoms with Gasteiger partial charge in [-0.25, -0.2) is 0 Å². The molecule has 0 unspecified atom stereocenters. The van der Waals surface area contributed by atoms with Crippen LogP contribution in [-0.4, -0.2) is 0 Å². The van der Waals surface area contributed by atoms with Gasteiger partial charge in [-0.2, -0.15) is 0 Å². The van der Waals surface area contributed by atoms with Gasteiger partial charge in [0.15, 0.2) is 0 Å². The Morgan fingerprint density at radius 2 is 1.62 bits per heavy atom. The summed E-state index contributed by atoms with van der Waals surface area (Å²) < 4.78 is 0. The van der Waals surface area contributed by atoms with E-state index in [2.05, 4.69) is 38.2 Å². The first kappa shape index (κ1) is 9.85. The van der Waals surface area contributed by atoms with E-state index >= 15 is 0 Å². The molecule has 0 aliphatic rings. The highest BCUT2D eigenvalue weighted by Gasteiger charge is 1.98. The van der Waals surface area contributed by atoms with E-state index in [1.165, 1.54) is 22.4 Å². The highest BCUT2D eigenvalue weighted by Crippen LogP contribution is 2.19. The molecular formula is C12H17N. The number of aryl methyl sites for hydroxylation is 3. The number of benzene rings is 1. The molecule has 70 valence electrons. The van der Waals surface area contributed by atoms with Gasteiger partial charge in [-0.3, -0.25) is 0 Å². The minimum atomic E-state index is 1.20. The lowest BCUT2D eigenvalue weighted by Gasteiger charge is -2.09. The standard InChI is InChI=1S/C12H17N/c1-5-6-13-12-8-10(3)9(2)7-11(12)4/h5-8,13H,1-4H3/b6-5-. The molecule has 0 fully saturated rings. The van der Waals surface area contributed by atoms with E-state index < -0.39 is 0 Å². The Bertz CT molecular complexity index is 324. The lowest BCUT2D eigenvalue weighted by molar-refractivity contribution is 1.29. The fourth-order valence-electron chi connectivity index (χ4n) is 1.29. The second kappa shape index (κ2) is 4.13. The van der Waals surface area contributed by atoms with Crippen LogP contribution in [-0.2, 0) is 0 Å². The summed E-state index contributed by atoms with van der Waals surface area (Å²) in [5.41, 5.74) is 5.17. The summed E-state index contributed by atoms with van der Waals surface area (Å²) in [6, 6.07) is 4.39. The molecule has 0 bridgehead atoms. The second-order valence-corrected chi connectivity index (χ2v) is 3.40. The van der Waals surface area contributed by atoms with Gasteiger partial charge >= 0.3 is 0 Å². The van der Waals surface area contributed by atoms with Crippen LogP contribution >= 0.6 is 0 Å². The lowest BCUT2D eigenvalue weighted by atomic mass is 10.1. The summed E-state index contributed by atoms with van der Waals surface area (Å²) in [4.78, 5) is 0. The predicted molar refractivity (Wildman–Crippen MR) is 59.1 cm³/mol. The molecule has 0 saturated carbocycles. The minimum absolute atomic E-state index is 1.20. The van der Waals surface area contributed by atoms with Crippen molar-refractivity contribution in [1.82, 2.24) is 0 Å². The SMILES string of the molecule is C/C=C\Nc1cc(C)c(C)cc1C. The van der Waals surface area contributed by atoms with E-state index in [1.807, 2.05) is 19.2 Å². The smallest absolute Gasteiger partial charge is 0.0412 e. The molecule has 1 aromatic carbocycles. The monoisotopic (exact) mass is 175 g/mol. The van der Waals surface area contributed by atoms with Gasteiger partial charge in [0.1, 0.15) is 0 Å². The zero-order valence-corrected chi connectivity index (χ0v) is 8.81. The fourth-order valence-corrected chi connectivity index (χ4v) is 1.29. The zero-order valence-electron chi connectivity index (χ0n) is 8.81. The van der Waals surface area contributed by atoms with Crippen LogP contribution in [0.5, 0.6) is 0 Å². The van der Waals surface area contributed by atoms with Crippen LogP contribution in [0.3, 0.4) is 0 Å². The molecule has 0 amide bonds. The van der Waals surface area contributed by atoms with Crippen molar-refractivity contribution in [2.75, 3.05) is 5.32 Å². The van der Waals surface area contributed by atoms with Gasteiger partial charge < -0.3 is 5.32 Å². The summed E-state index contributed by atoms with van der Waals surface area (Å²) in [6.45, 7) is 8.40. The second-order valence-electron chi connectivity index (χ2n) is 3.40. The normalized spacial score (nSPS) is 10.8. The molecule has 13 heavy (non-hydrogen) atoms. The highest BCUT2D eigenvalue weighted by atomic mass is 14.8. The van der Waals surface area contributed by atoms with Crippen molar-refractivity contribution < 1.29 is 0 Å². The number of allylic oxidation sites excluding steroid dienone is 1. The Labute approximate surface area is 80.5 Å². The first-order chi connectivity index (χ1) is 6.15. The first-order valence-electron chi connectivity index (χ1n) is 4.60. The Balaban J connectivity index is 3.01. The van der Waals surface area contributed by atoms with Crippen molar-refractivity contribution in [2.24, 2.45) is 0 Å². The molecule has 0 aliphatic carbocycles. The third-order valence-electron chi connectivity index (χ3n) is 2.25. The molecule has 1 heteroatoms. The first-order valence-corrected chi connectivity index (χ1v) is 4.60. The van der Waals surface area contributed by atoms with E-state index in [0.29, 0.717) is 0 Å². The molecular weight excluding hydrogens is 158 g/mol. The van der Waals surface area contributed by atoms with Crippen LogP contribution in [0.1, 0.15) is 23.6 Å². The molecule has 0 heterocycles. The summed E-state index contributed by atoms with van der Waals surface area (Å²) in [6.07, 6.45) is 3.95. The summed E-state index contributed by atoms with van der Waals surface area (Å²) in [5.74, 6) is 0. The van der Waals surface area contributed by atoms with Crippen molar-refractivity contribution in [3.8, 4) is 0 Å². The van der Waals surface area contributed by atoms with Gasteiger partial charge in [-0.1, -0.05) is 12.1 Å². The van der Waals surface area contributed by atoms with E-state index in [4.69, 9.17) is 0 Å². The van der Waals surface area contributed by atoms with Crippen molar-refractivity contribution in [1.29, 1.82) is 0 Å². The lowest BCUT2D eigenvalue weighted by Crippen LogP contribution is -1.93. The van der Waals surface area contributed by atoms with Crippen molar-refractivity contribution in [3.05, 3.63) is 41.1 Å². The molecule has 0 aromatic heterocycles. The molecule has 1 nitrogen and oxygen atoms in total. The van der Waals surface area contributed by atoms with Crippen molar-refractivity contribution >= 4 is 5.69 Å². The molecule has 0 spiro atoms. The Morgan fingerprint density at radius 1 is 1.00 bits per heavy atom. The van der Waals surface area contributed by atoms with Crippen LogP contribution in [0.4, 0.5) is 5.69 Å². The Morgan fingerprint density at radius 3 is 2.23 bits per heavy atom. The molecule has 1 aromatic rings. The van der Waals surface area contributed by atoms with Crippen LogP contribution in [0.15, 0.2) is 24.4 Å². The van der Waals surface area contributed by atoms with Gasteiger partial charge in [0.25, 0.3) is 0 Å². The van der Waals surface area contributed by atoms with Crippen molar-refractivity contribution in [3.63, 3.8) is 0 Å². The minimum Gasteiger partial charge on any atom is -0.362 e. The van der Waals surface area contributed by atoms with E-state index in [-0.39, 0.29) is 0 Å². The third-order valence-corrected chi connectivity index (χ3v) is 2.25. The molecule has 0 saturated heterocycles. The van der Waals surface area contributed by atoms with Gasteiger partial charge in [-0.15, -0.1) is 0 Å². The number of hydrogen-bond donors (Lipinski definition) is 1. The van der Waals surface area contributed by atoms with Gasteiger partial charge in [0, 0.05) is 5.69 Å². The quantitative estimate of drug-likeness (QED) is 0.724. The Hall–Kier alpha value is -1.24. The predicted octanol–water partition coefficient (Wildman–Crippen LogP) is 3.56. The number of nitrogens with one attached hydrogen (secondary N) is 1. The maximum absolute atomic E-state index is 3.25. The van der Waals surface area contributed by atoms with E-state index in [9.17, 15) is 0 Å². The summed E-state index contributed by atoms with van der Waals surface area (Å²) >= 11 is 0. The van der Waals surface area contributed by atoms with Crippen molar-refractivity contribution in [2.45, 2.75) is 27.7 Å². The molecule has 0 radical (unpaired) electrons.